The largest absolute Gasteiger partial charge is 0.455 e. The fourth-order valence-corrected chi connectivity index (χ4v) is 2.14. The average Bonchev–Trinajstić information content (AvgIpc) is 2.69. The normalized spacial score (nSPS) is 9.62. The van der Waals surface area contributed by atoms with Gasteiger partial charge in [-0.1, -0.05) is 24.3 Å². The van der Waals surface area contributed by atoms with Gasteiger partial charge in [0, 0.05) is 0 Å². The Kier molecular flexibility index (Phi) is 4.88. The molecule has 0 fully saturated rings. The number of hydrogen-bond donors (Lipinski definition) is 0. The Morgan fingerprint density at radius 1 is 0.769 bits per heavy atom. The van der Waals surface area contributed by atoms with Gasteiger partial charge in [0.25, 0.3) is 0 Å². The maximum absolute atomic E-state index is 11.6. The van der Waals surface area contributed by atoms with E-state index in [9.17, 15) is 4.79 Å². The van der Waals surface area contributed by atoms with E-state index in [1.54, 1.807) is 48.5 Å². The van der Waals surface area contributed by atoms with Crippen LogP contribution in [0.4, 0.5) is 11.4 Å². The summed E-state index contributed by atoms with van der Waals surface area (Å²) in [6.07, 6.45) is 3.47. The van der Waals surface area contributed by atoms with E-state index in [-0.39, 0.29) is 17.1 Å². The molecule has 6 nitrogen and oxygen atoms in total. The van der Waals surface area contributed by atoms with Crippen molar-refractivity contribution in [3.63, 3.8) is 0 Å². The van der Waals surface area contributed by atoms with Crippen molar-refractivity contribution < 1.29 is 14.3 Å². The zero-order chi connectivity index (χ0) is 18.4. The van der Waals surface area contributed by atoms with Crippen molar-refractivity contribution in [1.29, 1.82) is 0 Å². The fraction of sp³-hybridized carbons (Fsp3) is 0. The molecule has 3 aromatic rings. The molecule has 0 N–H and O–H groups in total. The van der Waals surface area contributed by atoms with Crippen molar-refractivity contribution in [2.75, 3.05) is 0 Å². The number of aromatic nitrogens is 1. The molecule has 1 heterocycles. The first-order valence-electron chi connectivity index (χ1n) is 7.47. The third-order valence-electron chi connectivity index (χ3n) is 3.42. The summed E-state index contributed by atoms with van der Waals surface area (Å²) < 4.78 is 11.4. The molecule has 0 amide bonds. The zero-order valence-corrected chi connectivity index (χ0v) is 13.4. The maximum atomic E-state index is 11.6. The molecule has 0 radical (unpaired) electrons. The minimum Gasteiger partial charge on any atom is -0.455 e. The van der Waals surface area contributed by atoms with Crippen LogP contribution in [0.1, 0.15) is 10.4 Å². The molecule has 0 aliphatic heterocycles. The van der Waals surface area contributed by atoms with Crippen molar-refractivity contribution in [2.45, 2.75) is 0 Å². The van der Waals surface area contributed by atoms with Crippen molar-refractivity contribution in [3.05, 3.63) is 89.3 Å². The first-order chi connectivity index (χ1) is 12.7. The highest BCUT2D eigenvalue weighted by atomic mass is 16.5. The molecule has 1 aromatic heterocycles. The number of pyridine rings is 1. The molecule has 0 atom stereocenters. The lowest BCUT2D eigenvalue weighted by atomic mass is 10.2. The second-order valence-electron chi connectivity index (χ2n) is 5.08. The number of rotatable bonds is 5. The van der Waals surface area contributed by atoms with Crippen LogP contribution >= 0.6 is 0 Å². The quantitative estimate of drug-likeness (QED) is 0.449. The van der Waals surface area contributed by atoms with Crippen molar-refractivity contribution in [1.82, 2.24) is 4.98 Å². The van der Waals surface area contributed by atoms with Gasteiger partial charge in [-0.05, 0) is 24.3 Å². The van der Waals surface area contributed by atoms with Crippen LogP contribution in [0, 0.1) is 13.1 Å². The summed E-state index contributed by atoms with van der Waals surface area (Å²) in [7, 11) is 0. The van der Waals surface area contributed by atoms with Crippen LogP contribution in [0.3, 0.4) is 0 Å². The molecule has 0 saturated heterocycles. The van der Waals surface area contributed by atoms with Gasteiger partial charge in [0.05, 0.1) is 25.5 Å². The number of benzene rings is 2. The number of ether oxygens (including phenoxy) is 2. The van der Waals surface area contributed by atoms with Gasteiger partial charge in [0.1, 0.15) is 17.1 Å². The summed E-state index contributed by atoms with van der Waals surface area (Å²) in [6.45, 7) is 13.9. The Morgan fingerprint density at radius 3 is 1.54 bits per heavy atom. The van der Waals surface area contributed by atoms with E-state index in [1.807, 2.05) is 0 Å². The SMILES string of the molecule is [C-]#[N+]c1ccc(Oc2cncc(Oc3ccc([N+]#[C-])cc3)c2C=O)cc1. The molecule has 0 aliphatic rings. The summed E-state index contributed by atoms with van der Waals surface area (Å²) in [4.78, 5) is 22.2. The summed E-state index contributed by atoms with van der Waals surface area (Å²) in [6, 6.07) is 13.0. The monoisotopic (exact) mass is 341 g/mol. The second kappa shape index (κ2) is 7.61. The molecule has 6 heteroatoms. The van der Waals surface area contributed by atoms with Crippen LogP contribution in [0.25, 0.3) is 9.69 Å². The van der Waals surface area contributed by atoms with E-state index in [0.29, 0.717) is 29.2 Å². The number of carbonyl (C=O) groups excluding carboxylic acids is 1. The van der Waals surface area contributed by atoms with Crippen LogP contribution < -0.4 is 9.47 Å². The van der Waals surface area contributed by atoms with Crippen molar-refractivity contribution >= 4 is 17.7 Å². The average molecular weight is 341 g/mol. The van der Waals surface area contributed by atoms with Gasteiger partial charge in [-0.2, -0.15) is 0 Å². The highest BCUT2D eigenvalue weighted by Gasteiger charge is 2.13. The van der Waals surface area contributed by atoms with Gasteiger partial charge in [-0.15, -0.1) is 0 Å². The molecule has 0 aliphatic carbocycles. The third-order valence-corrected chi connectivity index (χ3v) is 3.42. The summed E-state index contributed by atoms with van der Waals surface area (Å²) in [5.74, 6) is 1.43. The second-order valence-corrected chi connectivity index (χ2v) is 5.08. The predicted octanol–water partition coefficient (Wildman–Crippen LogP) is 5.58. The zero-order valence-electron chi connectivity index (χ0n) is 13.4. The van der Waals surface area contributed by atoms with E-state index < -0.39 is 0 Å². The Balaban J connectivity index is 1.87. The smallest absolute Gasteiger partial charge is 0.187 e. The highest BCUT2D eigenvalue weighted by molar-refractivity contribution is 5.83. The number of carbonyl (C=O) groups is 1. The van der Waals surface area contributed by atoms with Crippen LogP contribution in [0.2, 0.25) is 0 Å². The first-order valence-corrected chi connectivity index (χ1v) is 7.47. The van der Waals surface area contributed by atoms with E-state index >= 15 is 0 Å². The summed E-state index contributed by atoms with van der Waals surface area (Å²) in [5, 5.41) is 0. The van der Waals surface area contributed by atoms with E-state index in [1.165, 1.54) is 12.4 Å². The van der Waals surface area contributed by atoms with Gasteiger partial charge < -0.3 is 9.47 Å². The Morgan fingerprint density at radius 2 is 1.19 bits per heavy atom. The molecule has 3 rings (SSSR count). The van der Waals surface area contributed by atoms with Crippen LogP contribution in [0.15, 0.2) is 60.9 Å². The Labute approximate surface area is 149 Å². The molecule has 0 spiro atoms. The van der Waals surface area contributed by atoms with Gasteiger partial charge in [0.15, 0.2) is 29.2 Å². The number of aldehydes is 1. The molecule has 0 bridgehead atoms. The Bertz CT molecular complexity index is 936. The standard InChI is InChI=1S/C20H11N3O3/c1-21-14-3-7-16(8-4-14)25-19-11-23-12-20(18(19)13-24)26-17-9-5-15(22-2)6-10-17/h3-13H. The van der Waals surface area contributed by atoms with Crippen LogP contribution in [-0.2, 0) is 0 Å². The van der Waals surface area contributed by atoms with Crippen LogP contribution in [0.5, 0.6) is 23.0 Å². The van der Waals surface area contributed by atoms with Gasteiger partial charge >= 0.3 is 0 Å². The molecular formula is C20H11N3O3. The van der Waals surface area contributed by atoms with E-state index in [2.05, 4.69) is 14.7 Å². The summed E-state index contributed by atoms with van der Waals surface area (Å²) in [5.41, 5.74) is 1.19. The molecular weight excluding hydrogens is 330 g/mol. The molecule has 0 saturated carbocycles. The van der Waals surface area contributed by atoms with E-state index in [0.717, 1.165) is 0 Å². The van der Waals surface area contributed by atoms with Crippen molar-refractivity contribution in [3.8, 4) is 23.0 Å². The molecule has 124 valence electrons. The third kappa shape index (κ3) is 3.66. The topological polar surface area (TPSA) is 57.1 Å². The van der Waals surface area contributed by atoms with Gasteiger partial charge in [0.2, 0.25) is 0 Å². The first kappa shape index (κ1) is 16.7. The van der Waals surface area contributed by atoms with Gasteiger partial charge in [-0.25, -0.2) is 9.69 Å². The number of nitrogens with zero attached hydrogens (tertiary/aromatic N) is 3. The summed E-state index contributed by atoms with van der Waals surface area (Å²) >= 11 is 0. The van der Waals surface area contributed by atoms with Crippen LogP contribution in [-0.4, -0.2) is 11.3 Å². The number of hydrogen-bond acceptors (Lipinski definition) is 4. The Hall–Kier alpha value is -4.16. The van der Waals surface area contributed by atoms with Crippen molar-refractivity contribution in [2.24, 2.45) is 0 Å². The lowest BCUT2D eigenvalue weighted by molar-refractivity contribution is 0.111. The van der Waals surface area contributed by atoms with E-state index in [4.69, 9.17) is 22.6 Å². The molecule has 26 heavy (non-hydrogen) atoms. The molecule has 0 unspecified atom stereocenters. The predicted molar refractivity (Wildman–Crippen MR) is 95.2 cm³/mol. The lowest BCUT2D eigenvalue weighted by Crippen LogP contribution is -1.96. The molecule has 2 aromatic carbocycles. The van der Waals surface area contributed by atoms with Gasteiger partial charge in [-0.3, -0.25) is 9.78 Å². The fourth-order valence-electron chi connectivity index (χ4n) is 2.14. The maximum Gasteiger partial charge on any atom is 0.187 e. The minimum absolute atomic E-state index is 0.212. The lowest BCUT2D eigenvalue weighted by Gasteiger charge is -2.12. The highest BCUT2D eigenvalue weighted by Crippen LogP contribution is 2.33. The minimum atomic E-state index is 0.212.